The molecule has 0 radical (unpaired) electrons. The zero-order chi connectivity index (χ0) is 13.4. The number of hydrogen-bond acceptors (Lipinski definition) is 3. The highest BCUT2D eigenvalue weighted by atomic mass is 16.1. The SMILES string of the molecule is Cn1c(-c2ccncc2)nc2cc(C(N)=O)ccc21. The molecule has 0 saturated carbocycles. The summed E-state index contributed by atoms with van der Waals surface area (Å²) in [5, 5.41) is 0. The van der Waals surface area contributed by atoms with Gasteiger partial charge in [-0.1, -0.05) is 0 Å². The van der Waals surface area contributed by atoms with E-state index in [1.165, 1.54) is 0 Å². The third-order valence-corrected chi connectivity index (χ3v) is 3.10. The molecule has 2 N–H and O–H groups in total. The number of rotatable bonds is 2. The molecule has 3 aromatic rings. The maximum Gasteiger partial charge on any atom is 0.248 e. The fourth-order valence-electron chi connectivity index (χ4n) is 2.11. The van der Waals surface area contributed by atoms with Crippen LogP contribution in [0.2, 0.25) is 0 Å². The third-order valence-electron chi connectivity index (χ3n) is 3.10. The molecule has 0 atom stereocenters. The minimum atomic E-state index is -0.446. The molecule has 2 heterocycles. The molecule has 0 bridgehead atoms. The summed E-state index contributed by atoms with van der Waals surface area (Å²) in [6.07, 6.45) is 3.45. The summed E-state index contributed by atoms with van der Waals surface area (Å²) in [5.41, 5.74) is 8.44. The third kappa shape index (κ3) is 1.85. The number of primary amides is 1. The molecule has 3 rings (SSSR count). The van der Waals surface area contributed by atoms with E-state index in [1.54, 1.807) is 24.5 Å². The van der Waals surface area contributed by atoms with Crippen LogP contribution >= 0.6 is 0 Å². The van der Waals surface area contributed by atoms with Crippen molar-refractivity contribution in [2.75, 3.05) is 0 Å². The van der Waals surface area contributed by atoms with Gasteiger partial charge in [0.1, 0.15) is 5.82 Å². The van der Waals surface area contributed by atoms with Gasteiger partial charge >= 0.3 is 0 Å². The van der Waals surface area contributed by atoms with Gasteiger partial charge in [-0.15, -0.1) is 0 Å². The summed E-state index contributed by atoms with van der Waals surface area (Å²) in [7, 11) is 1.94. The van der Waals surface area contributed by atoms with Crippen LogP contribution in [-0.4, -0.2) is 20.4 Å². The molecule has 0 aliphatic rings. The number of hydrogen-bond donors (Lipinski definition) is 1. The van der Waals surface area contributed by atoms with E-state index in [2.05, 4.69) is 9.97 Å². The standard InChI is InChI=1S/C14H12N4O/c1-18-12-3-2-10(13(15)19)8-11(12)17-14(18)9-4-6-16-7-5-9/h2-8H,1H3,(H2,15,19). The molecule has 0 saturated heterocycles. The Hall–Kier alpha value is -2.69. The van der Waals surface area contributed by atoms with Crippen molar-refractivity contribution >= 4 is 16.9 Å². The Morgan fingerprint density at radius 3 is 2.63 bits per heavy atom. The van der Waals surface area contributed by atoms with Gasteiger partial charge in [-0.05, 0) is 30.3 Å². The number of nitrogens with two attached hydrogens (primary N) is 1. The lowest BCUT2D eigenvalue weighted by Crippen LogP contribution is -2.10. The van der Waals surface area contributed by atoms with Crippen LogP contribution in [0.3, 0.4) is 0 Å². The quantitative estimate of drug-likeness (QED) is 0.754. The maximum atomic E-state index is 11.2. The number of benzene rings is 1. The number of imidazole rings is 1. The summed E-state index contributed by atoms with van der Waals surface area (Å²) < 4.78 is 1.98. The zero-order valence-electron chi connectivity index (χ0n) is 10.4. The van der Waals surface area contributed by atoms with Gasteiger partial charge < -0.3 is 10.3 Å². The van der Waals surface area contributed by atoms with Crippen molar-refractivity contribution < 1.29 is 4.79 Å². The van der Waals surface area contributed by atoms with Gasteiger partial charge in [0.2, 0.25) is 5.91 Å². The zero-order valence-corrected chi connectivity index (χ0v) is 10.4. The van der Waals surface area contributed by atoms with E-state index in [-0.39, 0.29) is 0 Å². The normalized spacial score (nSPS) is 10.8. The number of pyridine rings is 1. The molecular formula is C14H12N4O. The summed E-state index contributed by atoms with van der Waals surface area (Å²) in [6.45, 7) is 0. The van der Waals surface area contributed by atoms with Gasteiger partial charge in [0.15, 0.2) is 0 Å². The predicted molar refractivity (Wildman–Crippen MR) is 72.5 cm³/mol. The molecule has 0 aliphatic heterocycles. The first kappa shape index (κ1) is 11.4. The molecular weight excluding hydrogens is 240 g/mol. The van der Waals surface area contributed by atoms with Gasteiger partial charge in [0.05, 0.1) is 11.0 Å². The maximum absolute atomic E-state index is 11.2. The molecule has 94 valence electrons. The Labute approximate surface area is 109 Å². The van der Waals surface area contributed by atoms with Crippen LogP contribution in [0.1, 0.15) is 10.4 Å². The van der Waals surface area contributed by atoms with E-state index in [1.807, 2.05) is 29.8 Å². The second-order valence-electron chi connectivity index (χ2n) is 4.30. The molecule has 1 aromatic carbocycles. The Morgan fingerprint density at radius 1 is 1.21 bits per heavy atom. The van der Waals surface area contributed by atoms with E-state index in [9.17, 15) is 4.79 Å². The second-order valence-corrected chi connectivity index (χ2v) is 4.30. The van der Waals surface area contributed by atoms with Gasteiger partial charge in [-0.2, -0.15) is 0 Å². The van der Waals surface area contributed by atoms with E-state index >= 15 is 0 Å². The minimum Gasteiger partial charge on any atom is -0.366 e. The van der Waals surface area contributed by atoms with Crippen LogP contribution in [-0.2, 0) is 7.05 Å². The van der Waals surface area contributed by atoms with Gasteiger partial charge in [0, 0.05) is 30.6 Å². The van der Waals surface area contributed by atoms with Crippen molar-refractivity contribution in [2.45, 2.75) is 0 Å². The van der Waals surface area contributed by atoms with E-state index in [0.29, 0.717) is 5.56 Å². The molecule has 0 spiro atoms. The Bertz CT molecular complexity index is 762. The predicted octanol–water partition coefficient (Wildman–Crippen LogP) is 1.73. The van der Waals surface area contributed by atoms with Crippen LogP contribution in [0.4, 0.5) is 0 Å². The highest BCUT2D eigenvalue weighted by Crippen LogP contribution is 2.23. The van der Waals surface area contributed by atoms with Crippen molar-refractivity contribution in [2.24, 2.45) is 12.8 Å². The fraction of sp³-hybridized carbons (Fsp3) is 0.0714. The van der Waals surface area contributed by atoms with Gasteiger partial charge in [0.25, 0.3) is 0 Å². The topological polar surface area (TPSA) is 73.8 Å². The molecule has 0 fully saturated rings. The Morgan fingerprint density at radius 2 is 1.95 bits per heavy atom. The van der Waals surface area contributed by atoms with Crippen LogP contribution in [0.5, 0.6) is 0 Å². The summed E-state index contributed by atoms with van der Waals surface area (Å²) in [6, 6.07) is 9.07. The summed E-state index contributed by atoms with van der Waals surface area (Å²) in [4.78, 5) is 19.7. The lowest BCUT2D eigenvalue weighted by atomic mass is 10.2. The van der Waals surface area contributed by atoms with Crippen molar-refractivity contribution in [1.29, 1.82) is 0 Å². The van der Waals surface area contributed by atoms with Crippen LogP contribution < -0.4 is 5.73 Å². The van der Waals surface area contributed by atoms with Crippen molar-refractivity contribution in [3.8, 4) is 11.4 Å². The molecule has 5 nitrogen and oxygen atoms in total. The fourth-order valence-corrected chi connectivity index (χ4v) is 2.11. The van der Waals surface area contributed by atoms with E-state index in [4.69, 9.17) is 5.73 Å². The minimum absolute atomic E-state index is 0.446. The molecule has 1 amide bonds. The second kappa shape index (κ2) is 4.20. The number of carbonyl (C=O) groups is 1. The van der Waals surface area contributed by atoms with Crippen LogP contribution in [0, 0.1) is 0 Å². The summed E-state index contributed by atoms with van der Waals surface area (Å²) in [5.74, 6) is 0.386. The number of fused-ring (bicyclic) bond motifs is 1. The highest BCUT2D eigenvalue weighted by molar-refractivity contribution is 5.96. The van der Waals surface area contributed by atoms with E-state index < -0.39 is 5.91 Å². The number of aromatic nitrogens is 3. The first-order valence-corrected chi connectivity index (χ1v) is 5.83. The Kier molecular flexibility index (Phi) is 2.52. The summed E-state index contributed by atoms with van der Waals surface area (Å²) >= 11 is 0. The first-order valence-electron chi connectivity index (χ1n) is 5.83. The lowest BCUT2D eigenvalue weighted by molar-refractivity contribution is 0.100. The van der Waals surface area contributed by atoms with Gasteiger partial charge in [-0.25, -0.2) is 4.98 Å². The number of nitrogens with zero attached hydrogens (tertiary/aromatic N) is 3. The highest BCUT2D eigenvalue weighted by Gasteiger charge is 2.11. The van der Waals surface area contributed by atoms with Crippen LogP contribution in [0.15, 0.2) is 42.7 Å². The van der Waals surface area contributed by atoms with Crippen molar-refractivity contribution in [3.63, 3.8) is 0 Å². The van der Waals surface area contributed by atoms with Crippen LogP contribution in [0.25, 0.3) is 22.4 Å². The number of carbonyl (C=O) groups excluding carboxylic acids is 1. The van der Waals surface area contributed by atoms with Gasteiger partial charge in [-0.3, -0.25) is 9.78 Å². The van der Waals surface area contributed by atoms with Crippen molar-refractivity contribution in [1.82, 2.24) is 14.5 Å². The molecule has 5 heteroatoms. The van der Waals surface area contributed by atoms with Crippen molar-refractivity contribution in [3.05, 3.63) is 48.3 Å². The monoisotopic (exact) mass is 252 g/mol. The average Bonchev–Trinajstić information content (AvgIpc) is 2.76. The largest absolute Gasteiger partial charge is 0.366 e. The molecule has 0 aliphatic carbocycles. The average molecular weight is 252 g/mol. The first-order chi connectivity index (χ1) is 9.16. The lowest BCUT2D eigenvalue weighted by Gasteiger charge is -2.01. The molecule has 0 unspecified atom stereocenters. The number of amides is 1. The van der Waals surface area contributed by atoms with E-state index in [0.717, 1.165) is 22.4 Å². The smallest absolute Gasteiger partial charge is 0.248 e. The molecule has 2 aromatic heterocycles. The molecule has 19 heavy (non-hydrogen) atoms. The number of aryl methyl sites for hydroxylation is 1. The Balaban J connectivity index is 2.23.